The zero-order valence-electron chi connectivity index (χ0n) is 15.9. The van der Waals surface area contributed by atoms with E-state index >= 15 is 0 Å². The summed E-state index contributed by atoms with van der Waals surface area (Å²) in [5.41, 5.74) is 1.88. The molecule has 140 valence electrons. The molecule has 0 radical (unpaired) electrons. The van der Waals surface area contributed by atoms with Gasteiger partial charge < -0.3 is 15.0 Å². The molecule has 4 nitrogen and oxygen atoms in total. The number of hydrogen-bond acceptors (Lipinski definition) is 2. The van der Waals surface area contributed by atoms with Gasteiger partial charge in [-0.2, -0.15) is 0 Å². The van der Waals surface area contributed by atoms with E-state index in [0.717, 1.165) is 31.6 Å². The standard InChI is InChI=1S/C22H31N3O/c1-23-21(24-19-18-9-13-26-20(18)22(19)10-5-11-22)25-12-8-17(15-25)14-16-6-3-2-4-7-16/h2-4,6-7,17-20H,5,8-15H2,1H3,(H,23,24). The van der Waals surface area contributed by atoms with Gasteiger partial charge in [0.2, 0.25) is 0 Å². The molecule has 4 aliphatic rings. The lowest BCUT2D eigenvalue weighted by atomic mass is 9.46. The van der Waals surface area contributed by atoms with Crippen molar-refractivity contribution >= 4 is 5.96 Å². The summed E-state index contributed by atoms with van der Waals surface area (Å²) in [5, 5.41) is 3.89. The van der Waals surface area contributed by atoms with E-state index in [-0.39, 0.29) is 0 Å². The molecule has 4 heteroatoms. The van der Waals surface area contributed by atoms with Gasteiger partial charge in [0, 0.05) is 44.1 Å². The first kappa shape index (κ1) is 16.6. The molecule has 1 spiro atoms. The molecule has 5 rings (SSSR count). The lowest BCUT2D eigenvalue weighted by Crippen LogP contribution is -2.72. The maximum absolute atomic E-state index is 6.07. The number of ether oxygens (including phenoxy) is 1. The van der Waals surface area contributed by atoms with Crippen LogP contribution in [0.1, 0.15) is 37.7 Å². The number of rotatable bonds is 3. The molecule has 26 heavy (non-hydrogen) atoms. The third-order valence-corrected chi connectivity index (χ3v) is 7.49. The fourth-order valence-electron chi connectivity index (χ4n) is 6.03. The van der Waals surface area contributed by atoms with Crippen molar-refractivity contribution in [2.75, 3.05) is 26.7 Å². The second kappa shape index (κ2) is 6.56. The van der Waals surface area contributed by atoms with Gasteiger partial charge >= 0.3 is 0 Å². The SMILES string of the molecule is CN=C(NC1C2CCOC2C12CCC2)N1CCC(Cc2ccccc2)C1. The summed E-state index contributed by atoms with van der Waals surface area (Å²) in [6.07, 6.45) is 8.22. The third-order valence-electron chi connectivity index (χ3n) is 7.49. The van der Waals surface area contributed by atoms with E-state index in [1.807, 2.05) is 7.05 Å². The third kappa shape index (κ3) is 2.57. The fraction of sp³-hybridized carbons (Fsp3) is 0.682. The summed E-state index contributed by atoms with van der Waals surface area (Å²) in [5.74, 6) is 2.56. The van der Waals surface area contributed by atoms with Crippen molar-refractivity contribution in [3.05, 3.63) is 35.9 Å². The summed E-state index contributed by atoms with van der Waals surface area (Å²) in [6, 6.07) is 11.5. The summed E-state index contributed by atoms with van der Waals surface area (Å²) in [6.45, 7) is 3.21. The van der Waals surface area contributed by atoms with Crippen LogP contribution in [0.2, 0.25) is 0 Å². The van der Waals surface area contributed by atoms with E-state index in [2.05, 4.69) is 45.5 Å². The van der Waals surface area contributed by atoms with Gasteiger partial charge in [0.05, 0.1) is 6.10 Å². The Kier molecular flexibility index (Phi) is 4.19. The average Bonchev–Trinajstić information content (AvgIpc) is 3.24. The van der Waals surface area contributed by atoms with E-state index in [0.29, 0.717) is 23.5 Å². The minimum atomic E-state index is 0.417. The van der Waals surface area contributed by atoms with Crippen molar-refractivity contribution in [3.63, 3.8) is 0 Å². The topological polar surface area (TPSA) is 36.9 Å². The lowest BCUT2D eigenvalue weighted by molar-refractivity contribution is -0.171. The first-order valence-electron chi connectivity index (χ1n) is 10.4. The monoisotopic (exact) mass is 353 g/mol. The Balaban J connectivity index is 1.22. The van der Waals surface area contributed by atoms with Crippen LogP contribution in [0.5, 0.6) is 0 Å². The number of nitrogens with one attached hydrogen (secondary N) is 1. The highest BCUT2D eigenvalue weighted by Crippen LogP contribution is 2.62. The first-order chi connectivity index (χ1) is 12.8. The van der Waals surface area contributed by atoms with Crippen LogP contribution in [0, 0.1) is 17.3 Å². The van der Waals surface area contributed by atoms with Crippen molar-refractivity contribution in [1.82, 2.24) is 10.2 Å². The van der Waals surface area contributed by atoms with Crippen molar-refractivity contribution in [3.8, 4) is 0 Å². The van der Waals surface area contributed by atoms with Crippen LogP contribution < -0.4 is 5.32 Å². The zero-order valence-corrected chi connectivity index (χ0v) is 15.9. The molecule has 2 aliphatic carbocycles. The van der Waals surface area contributed by atoms with Crippen LogP contribution in [0.15, 0.2) is 35.3 Å². The van der Waals surface area contributed by atoms with Gasteiger partial charge in [-0.15, -0.1) is 0 Å². The Morgan fingerprint density at radius 1 is 1.27 bits per heavy atom. The molecular weight excluding hydrogens is 322 g/mol. The number of fused-ring (bicyclic) bond motifs is 2. The summed E-state index contributed by atoms with van der Waals surface area (Å²) in [7, 11) is 1.95. The van der Waals surface area contributed by atoms with Gasteiger partial charge in [0.1, 0.15) is 0 Å². The van der Waals surface area contributed by atoms with Crippen LogP contribution in [0.4, 0.5) is 0 Å². The second-order valence-corrected chi connectivity index (χ2v) is 8.79. The number of aliphatic imine (C=N–C) groups is 1. The molecule has 4 fully saturated rings. The van der Waals surface area contributed by atoms with Crippen molar-refractivity contribution in [1.29, 1.82) is 0 Å². The quantitative estimate of drug-likeness (QED) is 0.670. The van der Waals surface area contributed by atoms with E-state index in [1.165, 1.54) is 44.1 Å². The van der Waals surface area contributed by atoms with Gasteiger partial charge in [-0.1, -0.05) is 36.8 Å². The Morgan fingerprint density at radius 3 is 2.85 bits per heavy atom. The normalized spacial score (nSPS) is 35.1. The molecule has 2 aliphatic heterocycles. The van der Waals surface area contributed by atoms with Gasteiger partial charge in [-0.3, -0.25) is 4.99 Å². The maximum atomic E-state index is 6.07. The number of benzene rings is 1. The van der Waals surface area contributed by atoms with E-state index < -0.39 is 0 Å². The Bertz CT molecular complexity index is 669. The van der Waals surface area contributed by atoms with Crippen LogP contribution in [0.3, 0.4) is 0 Å². The Labute approximate surface area is 157 Å². The molecule has 2 saturated carbocycles. The van der Waals surface area contributed by atoms with Crippen molar-refractivity contribution in [2.24, 2.45) is 22.2 Å². The van der Waals surface area contributed by atoms with Gasteiger partial charge in [-0.05, 0) is 43.6 Å². The highest BCUT2D eigenvalue weighted by Gasteiger charge is 2.66. The molecule has 0 bridgehead atoms. The van der Waals surface area contributed by atoms with Crippen LogP contribution in [-0.4, -0.2) is 49.7 Å². The molecule has 2 saturated heterocycles. The Hall–Kier alpha value is -1.55. The first-order valence-corrected chi connectivity index (χ1v) is 10.4. The fourth-order valence-corrected chi connectivity index (χ4v) is 6.03. The molecule has 4 unspecified atom stereocenters. The van der Waals surface area contributed by atoms with Crippen LogP contribution in [-0.2, 0) is 11.2 Å². The predicted molar refractivity (Wildman–Crippen MR) is 104 cm³/mol. The molecule has 1 aromatic rings. The smallest absolute Gasteiger partial charge is 0.193 e. The van der Waals surface area contributed by atoms with E-state index in [4.69, 9.17) is 4.74 Å². The maximum Gasteiger partial charge on any atom is 0.193 e. The van der Waals surface area contributed by atoms with Crippen molar-refractivity contribution < 1.29 is 4.74 Å². The summed E-state index contributed by atoms with van der Waals surface area (Å²) >= 11 is 0. The largest absolute Gasteiger partial charge is 0.377 e. The Morgan fingerprint density at radius 2 is 2.12 bits per heavy atom. The van der Waals surface area contributed by atoms with E-state index in [1.54, 1.807) is 0 Å². The van der Waals surface area contributed by atoms with Crippen LogP contribution in [0.25, 0.3) is 0 Å². The summed E-state index contributed by atoms with van der Waals surface area (Å²) < 4.78 is 6.07. The minimum Gasteiger partial charge on any atom is -0.377 e. The average molecular weight is 354 g/mol. The molecule has 0 aromatic heterocycles. The summed E-state index contributed by atoms with van der Waals surface area (Å²) in [4.78, 5) is 7.15. The number of guanidine groups is 1. The van der Waals surface area contributed by atoms with Gasteiger partial charge in [-0.25, -0.2) is 0 Å². The number of hydrogen-bond donors (Lipinski definition) is 1. The predicted octanol–water partition coefficient (Wildman–Crippen LogP) is 3.08. The van der Waals surface area contributed by atoms with Crippen LogP contribution >= 0.6 is 0 Å². The molecule has 1 N–H and O–H groups in total. The van der Waals surface area contributed by atoms with E-state index in [9.17, 15) is 0 Å². The molecule has 4 atom stereocenters. The number of nitrogens with zero attached hydrogens (tertiary/aromatic N) is 2. The molecule has 1 aromatic carbocycles. The lowest BCUT2D eigenvalue weighted by Gasteiger charge is -2.63. The molecule has 2 heterocycles. The zero-order chi connectivity index (χ0) is 17.6. The van der Waals surface area contributed by atoms with Crippen molar-refractivity contribution in [2.45, 2.75) is 50.7 Å². The molecular formula is C22H31N3O. The molecule has 0 amide bonds. The van der Waals surface area contributed by atoms with Gasteiger partial charge in [0.25, 0.3) is 0 Å². The number of likely N-dealkylation sites (tertiary alicyclic amines) is 1. The highest BCUT2D eigenvalue weighted by molar-refractivity contribution is 5.81. The second-order valence-electron chi connectivity index (χ2n) is 8.79. The van der Waals surface area contributed by atoms with Gasteiger partial charge in [0.15, 0.2) is 5.96 Å². The highest BCUT2D eigenvalue weighted by atomic mass is 16.5. The minimum absolute atomic E-state index is 0.417.